The molecule has 0 fully saturated rings. The number of rotatable bonds is 5. The van der Waals surface area contributed by atoms with E-state index in [1.54, 1.807) is 12.2 Å². The predicted octanol–water partition coefficient (Wildman–Crippen LogP) is 0.306. The van der Waals surface area contributed by atoms with Crippen molar-refractivity contribution in [2.75, 3.05) is 6.61 Å². The molecule has 0 bridgehead atoms. The second kappa shape index (κ2) is 4.81. The van der Waals surface area contributed by atoms with Gasteiger partial charge in [-0.05, 0) is 6.42 Å². The highest BCUT2D eigenvalue weighted by Gasteiger charge is 1.89. The Morgan fingerprint density at radius 2 is 2.75 bits per heavy atom. The van der Waals surface area contributed by atoms with Crippen molar-refractivity contribution >= 4 is 0 Å². The zero-order valence-corrected chi connectivity index (χ0v) is 4.96. The monoisotopic (exact) mass is 118 g/mol. The lowest BCUT2D eigenvalue weighted by Gasteiger charge is -1.96. The molecule has 0 rings (SSSR count). The third-order valence-electron chi connectivity index (χ3n) is 0.849. The molecular weight excluding hydrogens is 104 g/mol. The molecule has 1 atom stereocenters. The Balaban J connectivity index is 3.40. The Morgan fingerprint density at radius 1 is 1.88 bits per heavy atom. The molecule has 2 N–H and O–H groups in total. The van der Waals surface area contributed by atoms with Crippen molar-refractivity contribution in [3.8, 4) is 0 Å². The average molecular weight is 118 g/mol. The molecule has 2 heteroatoms. The first-order valence-corrected chi connectivity index (χ1v) is 2.71. The van der Waals surface area contributed by atoms with Gasteiger partial charge in [0.15, 0.2) is 0 Å². The number of hydrogen-bond donors (Lipinski definition) is 2. The van der Waals surface area contributed by atoms with Crippen molar-refractivity contribution in [3.63, 3.8) is 0 Å². The molecule has 2 nitrogen and oxygen atoms in total. The van der Waals surface area contributed by atoms with E-state index in [9.17, 15) is 0 Å². The quantitative estimate of drug-likeness (QED) is 0.510. The maximum Gasteiger partial charge on any atom is 0.211 e. The minimum absolute atomic E-state index is 0.171. The van der Waals surface area contributed by atoms with E-state index < -0.39 is 0 Å². The van der Waals surface area contributed by atoms with Crippen LogP contribution < -0.4 is 0 Å². The molecule has 0 saturated heterocycles. The molecule has 1 unspecified atom stereocenters. The van der Waals surface area contributed by atoms with Crippen LogP contribution in [-0.2, 0) is 0 Å². The van der Waals surface area contributed by atoms with E-state index in [1.165, 1.54) is 0 Å². The second-order valence-corrected chi connectivity index (χ2v) is 1.54. The lowest BCUT2D eigenvalue weighted by atomic mass is 10.2. The highest BCUT2D eigenvalue weighted by molar-refractivity contribution is 4.86. The largest absolute Gasteiger partial charge is 0.392 e. The van der Waals surface area contributed by atoms with Crippen molar-refractivity contribution in [2.24, 2.45) is 0 Å². The molecule has 0 radical (unpaired) electrons. The lowest BCUT2D eigenvalue weighted by Crippen LogP contribution is -1.98. The van der Waals surface area contributed by atoms with E-state index in [2.05, 4.69) is 10.2 Å². The molecule has 48 valence electrons. The molecule has 0 aliphatic rings. The third kappa shape index (κ3) is 3.84. The van der Waals surface area contributed by atoms with Crippen LogP contribution in [0.1, 0.15) is 13.3 Å². The average Bonchev–Trinajstić information content (AvgIpc) is 1.99. The van der Waals surface area contributed by atoms with Crippen LogP contribution in [0.4, 0.5) is 0 Å². The van der Waals surface area contributed by atoms with Crippen molar-refractivity contribution in [3.05, 3.63) is 12.2 Å². The first-order chi connectivity index (χ1) is 4.85. The maximum absolute atomic E-state index is 6.56. The van der Waals surface area contributed by atoms with Crippen molar-refractivity contribution < 1.29 is 10.2 Å². The normalized spacial score (nSPS) is 18.1. The molecule has 0 saturated carbocycles. The summed E-state index contributed by atoms with van der Waals surface area (Å²) in [6, 6.07) is 0. The van der Waals surface area contributed by atoms with E-state index in [0.29, 0.717) is 0 Å². The van der Waals surface area contributed by atoms with Crippen LogP contribution >= 0.6 is 0 Å². The van der Waals surface area contributed by atoms with Crippen LogP contribution in [0.15, 0.2) is 12.2 Å². The number of aliphatic hydroxyl groups is 2. The summed E-state index contributed by atoms with van der Waals surface area (Å²) in [5, 5.41) is 8.32. The summed E-state index contributed by atoms with van der Waals surface area (Å²) in [6.07, 6.45) is 3.96. The number of hydrogen-bond acceptors (Lipinski definition) is 2. The summed E-state index contributed by atoms with van der Waals surface area (Å²) in [5.74, 6) is 0. The molecule has 0 heterocycles. The molecule has 0 aromatic heterocycles. The lowest BCUT2D eigenvalue weighted by molar-refractivity contribution is 0.217. The van der Waals surface area contributed by atoms with E-state index in [0.717, 1.165) is 6.42 Å². The van der Waals surface area contributed by atoms with Gasteiger partial charge in [0.1, 0.15) is 0 Å². The standard InChI is InChI=1S/C6H12O2/c1-2-6(8)4-3-5-7/h3-4,6-8H,2,5H2,1H3/b4-3+/i7D,8D. The van der Waals surface area contributed by atoms with Gasteiger partial charge in [-0.25, -0.2) is 0 Å². The highest BCUT2D eigenvalue weighted by atomic mass is 16.3. The van der Waals surface area contributed by atoms with Crippen LogP contribution in [0.5, 0.6) is 0 Å². The summed E-state index contributed by atoms with van der Waals surface area (Å²) in [6.45, 7) is 2.17. The molecule has 0 aliphatic carbocycles. The van der Waals surface area contributed by atoms with E-state index >= 15 is 0 Å². The van der Waals surface area contributed by atoms with Gasteiger partial charge in [0.2, 0.25) is 2.86 Å². The minimum atomic E-state index is -0.171. The topological polar surface area (TPSA) is 40.5 Å². The first kappa shape index (κ1) is 4.53. The Morgan fingerprint density at radius 3 is 3.25 bits per heavy atom. The molecular formula is C6H12O2. The summed E-state index contributed by atoms with van der Waals surface area (Å²) in [4.78, 5) is 0. The molecule has 0 aromatic rings. The Kier molecular flexibility index (Phi) is 2.72. The van der Waals surface area contributed by atoms with Crippen LogP contribution in [-0.4, -0.2) is 25.8 Å². The van der Waals surface area contributed by atoms with Crippen LogP contribution in [0.25, 0.3) is 0 Å². The molecule has 0 amide bonds. The van der Waals surface area contributed by atoms with Gasteiger partial charge >= 0.3 is 0 Å². The fourth-order valence-corrected chi connectivity index (χ4v) is 0.343. The zero-order chi connectivity index (χ0) is 7.82. The summed E-state index contributed by atoms with van der Waals surface area (Å²) in [5.41, 5.74) is 0. The Labute approximate surface area is 52.4 Å². The minimum Gasteiger partial charge on any atom is -0.392 e. The Bertz CT molecular complexity index is 91.7. The highest BCUT2D eigenvalue weighted by Crippen LogP contribution is 1.89. The smallest absolute Gasteiger partial charge is 0.211 e. The van der Waals surface area contributed by atoms with Gasteiger partial charge in [-0.15, -0.1) is 0 Å². The van der Waals surface area contributed by atoms with Crippen LogP contribution in [0, 0.1) is 0 Å². The van der Waals surface area contributed by atoms with Crippen LogP contribution in [0.2, 0.25) is 0 Å². The maximum atomic E-state index is 6.56. The van der Waals surface area contributed by atoms with Gasteiger partial charge in [-0.2, -0.15) is 0 Å². The SMILES string of the molecule is [2H]OC/C=C/C(CC)O[2H]. The van der Waals surface area contributed by atoms with E-state index in [1.807, 2.05) is 6.92 Å². The van der Waals surface area contributed by atoms with Gasteiger partial charge in [0.05, 0.1) is 12.7 Å². The van der Waals surface area contributed by atoms with Gasteiger partial charge < -0.3 is 10.2 Å². The molecule has 8 heavy (non-hydrogen) atoms. The summed E-state index contributed by atoms with van der Waals surface area (Å²) in [7, 11) is 0. The van der Waals surface area contributed by atoms with Crippen LogP contribution in [0.3, 0.4) is 0 Å². The zero-order valence-electron chi connectivity index (χ0n) is 6.96. The van der Waals surface area contributed by atoms with Gasteiger partial charge in [-0.1, -0.05) is 19.1 Å². The van der Waals surface area contributed by atoms with Crippen molar-refractivity contribution in [1.82, 2.24) is 0 Å². The summed E-state index contributed by atoms with van der Waals surface area (Å²) >= 11 is 0. The van der Waals surface area contributed by atoms with Gasteiger partial charge in [-0.3, -0.25) is 0 Å². The molecule has 0 aromatic carbocycles. The Hall–Kier alpha value is -0.340. The third-order valence-corrected chi connectivity index (χ3v) is 0.849. The fourth-order valence-electron chi connectivity index (χ4n) is 0.343. The van der Waals surface area contributed by atoms with E-state index in [-0.39, 0.29) is 12.7 Å². The predicted molar refractivity (Wildman–Crippen MR) is 32.5 cm³/mol. The van der Waals surface area contributed by atoms with Gasteiger partial charge in [0, 0.05) is 0 Å². The van der Waals surface area contributed by atoms with E-state index in [4.69, 9.17) is 2.86 Å². The molecule has 0 aliphatic heterocycles. The first-order valence-electron chi connectivity index (χ1n) is 3.53. The summed E-state index contributed by atoms with van der Waals surface area (Å²) < 4.78 is 12.9. The van der Waals surface area contributed by atoms with Crippen molar-refractivity contribution in [2.45, 2.75) is 19.4 Å². The second-order valence-electron chi connectivity index (χ2n) is 1.54. The fraction of sp³-hybridized carbons (Fsp3) is 0.667. The number of aliphatic hydroxyl groups excluding tert-OH is 2. The van der Waals surface area contributed by atoms with Gasteiger partial charge in [0.25, 0.3) is 0 Å². The van der Waals surface area contributed by atoms with Crippen molar-refractivity contribution in [1.29, 1.82) is 2.86 Å². The molecule has 0 spiro atoms.